The third-order valence-corrected chi connectivity index (χ3v) is 5.54. The van der Waals surface area contributed by atoms with Gasteiger partial charge in [0.05, 0.1) is 13.2 Å². The quantitative estimate of drug-likeness (QED) is 0.321. The number of carbonyl (C=O) groups excluding carboxylic acids is 2. The molecule has 0 aliphatic carbocycles. The van der Waals surface area contributed by atoms with Crippen molar-refractivity contribution in [3.05, 3.63) is 35.9 Å². The highest BCUT2D eigenvalue weighted by Gasteiger charge is 2.26. The van der Waals surface area contributed by atoms with Crippen molar-refractivity contribution in [1.82, 2.24) is 14.9 Å². The number of amides is 3. The van der Waals surface area contributed by atoms with Crippen molar-refractivity contribution in [2.45, 2.75) is 25.0 Å². The summed E-state index contributed by atoms with van der Waals surface area (Å²) < 4.78 is 5.05. The summed E-state index contributed by atoms with van der Waals surface area (Å²) in [7, 11) is 4.83. The number of likely N-dealkylation sites (N-methyl/N-ethyl adjacent to an activating group) is 1. The Labute approximate surface area is 187 Å². The number of anilines is 3. The monoisotopic (exact) mass is 446 g/mol. The number of nitrogens with two attached hydrogens (primary N) is 1. The number of thioether (sulfide) groups is 1. The Morgan fingerprint density at radius 1 is 1.23 bits per heavy atom. The van der Waals surface area contributed by atoms with Gasteiger partial charge in [-0.2, -0.15) is 0 Å². The van der Waals surface area contributed by atoms with Gasteiger partial charge in [-0.15, -0.1) is 0 Å². The molecule has 1 heterocycles. The van der Waals surface area contributed by atoms with Crippen molar-refractivity contribution in [2.24, 2.45) is 0 Å². The van der Waals surface area contributed by atoms with Gasteiger partial charge in [-0.3, -0.25) is 14.6 Å². The Kier molecular flexibility index (Phi) is 9.54. The zero-order valence-corrected chi connectivity index (χ0v) is 19.3. The van der Waals surface area contributed by atoms with Gasteiger partial charge in [0, 0.05) is 33.5 Å². The number of aromatic nitrogens is 2. The summed E-state index contributed by atoms with van der Waals surface area (Å²) in [6, 6.07) is 9.23. The van der Waals surface area contributed by atoms with Crippen LogP contribution in [0.25, 0.3) is 0 Å². The van der Waals surface area contributed by atoms with Crippen LogP contribution < -0.4 is 15.5 Å². The number of hydrogen-bond acceptors (Lipinski definition) is 7. The van der Waals surface area contributed by atoms with Gasteiger partial charge in [0.1, 0.15) is 5.69 Å². The van der Waals surface area contributed by atoms with Crippen LogP contribution in [-0.4, -0.2) is 67.4 Å². The topological polar surface area (TPSA) is 105 Å². The van der Waals surface area contributed by atoms with Crippen molar-refractivity contribution in [2.75, 3.05) is 55.6 Å². The van der Waals surface area contributed by atoms with Crippen LogP contribution in [0.2, 0.25) is 0 Å². The Morgan fingerprint density at radius 3 is 2.55 bits per heavy atom. The van der Waals surface area contributed by atoms with E-state index in [4.69, 9.17) is 10.5 Å². The first kappa shape index (κ1) is 24.4. The van der Waals surface area contributed by atoms with E-state index in [0.29, 0.717) is 30.5 Å². The summed E-state index contributed by atoms with van der Waals surface area (Å²) in [6.45, 7) is 3.14. The van der Waals surface area contributed by atoms with Crippen LogP contribution in [0.15, 0.2) is 35.5 Å². The molecule has 0 atom stereocenters. The Morgan fingerprint density at radius 2 is 1.94 bits per heavy atom. The van der Waals surface area contributed by atoms with E-state index in [0.717, 1.165) is 17.7 Å². The molecule has 10 heteroatoms. The Hall–Kier alpha value is -2.85. The first-order valence-corrected chi connectivity index (χ1v) is 10.9. The fraction of sp³-hybridized carbons (Fsp3) is 0.429. The van der Waals surface area contributed by atoms with Crippen LogP contribution >= 0.6 is 11.8 Å². The molecule has 0 unspecified atom stereocenters. The third-order valence-electron chi connectivity index (χ3n) is 4.48. The largest absolute Gasteiger partial charge is 0.383 e. The molecule has 0 spiro atoms. The molecule has 2 N–H and O–H groups in total. The molecule has 168 valence electrons. The maximum atomic E-state index is 13.0. The first-order chi connectivity index (χ1) is 14.9. The second-order valence-electron chi connectivity index (χ2n) is 6.89. The van der Waals surface area contributed by atoms with E-state index in [9.17, 15) is 9.59 Å². The smallest absolute Gasteiger partial charge is 0.324 e. The molecule has 0 saturated heterocycles. The minimum absolute atomic E-state index is 0.138. The van der Waals surface area contributed by atoms with Crippen molar-refractivity contribution in [1.29, 1.82) is 0 Å². The molecule has 0 aliphatic heterocycles. The van der Waals surface area contributed by atoms with E-state index in [2.05, 4.69) is 16.9 Å². The number of benzene rings is 1. The summed E-state index contributed by atoms with van der Waals surface area (Å²) in [5, 5.41) is 0.464. The molecular weight excluding hydrogens is 416 g/mol. The molecule has 0 saturated carbocycles. The fourth-order valence-corrected chi connectivity index (χ4v) is 3.54. The number of nitrogen functional groups attached to an aromatic ring is 1. The van der Waals surface area contributed by atoms with E-state index in [1.54, 1.807) is 21.2 Å². The number of urea groups is 1. The van der Waals surface area contributed by atoms with E-state index >= 15 is 0 Å². The number of nitrogens with zero attached hydrogens (tertiary/aromatic N) is 5. The van der Waals surface area contributed by atoms with E-state index in [1.165, 1.54) is 26.5 Å². The van der Waals surface area contributed by atoms with Crippen LogP contribution in [0.1, 0.15) is 18.9 Å². The lowest BCUT2D eigenvalue weighted by molar-refractivity contribution is -0.107. The summed E-state index contributed by atoms with van der Waals surface area (Å²) in [5.41, 5.74) is 7.49. The van der Waals surface area contributed by atoms with E-state index in [1.807, 2.05) is 30.3 Å². The Balaban J connectivity index is 2.47. The fourth-order valence-electron chi connectivity index (χ4n) is 2.84. The lowest BCUT2D eigenvalue weighted by Gasteiger charge is -2.29. The predicted molar refractivity (Wildman–Crippen MR) is 124 cm³/mol. The number of hydrogen-bond donors (Lipinski definition) is 1. The third kappa shape index (κ3) is 6.56. The summed E-state index contributed by atoms with van der Waals surface area (Å²) >= 11 is 1.45. The van der Waals surface area contributed by atoms with Gasteiger partial charge >= 0.3 is 6.03 Å². The van der Waals surface area contributed by atoms with Crippen molar-refractivity contribution >= 4 is 41.5 Å². The standard InChI is InChI=1S/C21H30N6O3S/c1-5-13-31-20-23-18(22)17(26(3)21(29)25(2)11-12-30-4)19(24-20)27(15-28)14-16-9-7-6-8-10-16/h6-10,15H,5,11-14H2,1-4H3,(H2,22,23,24). The maximum absolute atomic E-state index is 13.0. The molecule has 2 rings (SSSR count). The molecule has 31 heavy (non-hydrogen) atoms. The van der Waals surface area contributed by atoms with Crippen LogP contribution in [0.5, 0.6) is 0 Å². The summed E-state index contributed by atoms with van der Waals surface area (Å²) in [5.74, 6) is 1.24. The summed E-state index contributed by atoms with van der Waals surface area (Å²) in [4.78, 5) is 38.3. The lowest BCUT2D eigenvalue weighted by atomic mass is 10.2. The minimum Gasteiger partial charge on any atom is -0.383 e. The highest BCUT2D eigenvalue weighted by atomic mass is 32.2. The highest BCUT2D eigenvalue weighted by Crippen LogP contribution is 2.34. The first-order valence-electron chi connectivity index (χ1n) is 9.96. The number of carbonyl (C=O) groups is 2. The van der Waals surface area contributed by atoms with Crippen LogP contribution in [0.3, 0.4) is 0 Å². The van der Waals surface area contributed by atoms with Gasteiger partial charge in [0.25, 0.3) is 0 Å². The molecular formula is C21H30N6O3S. The average molecular weight is 447 g/mol. The van der Waals surface area contributed by atoms with Crippen LogP contribution in [0.4, 0.5) is 22.1 Å². The zero-order chi connectivity index (χ0) is 22.8. The van der Waals surface area contributed by atoms with E-state index in [-0.39, 0.29) is 24.1 Å². The van der Waals surface area contributed by atoms with Crippen LogP contribution in [-0.2, 0) is 16.1 Å². The minimum atomic E-state index is -0.312. The van der Waals surface area contributed by atoms with Gasteiger partial charge in [-0.05, 0) is 12.0 Å². The number of rotatable bonds is 11. The normalized spacial score (nSPS) is 10.6. The molecule has 2 aromatic rings. The van der Waals surface area contributed by atoms with Gasteiger partial charge < -0.3 is 15.4 Å². The van der Waals surface area contributed by atoms with Crippen LogP contribution in [0, 0.1) is 0 Å². The van der Waals surface area contributed by atoms with Crippen molar-refractivity contribution in [3.8, 4) is 0 Å². The Bertz CT molecular complexity index is 868. The predicted octanol–water partition coefficient (Wildman–Crippen LogP) is 2.86. The van der Waals surface area contributed by atoms with Crippen molar-refractivity contribution in [3.63, 3.8) is 0 Å². The molecule has 1 aromatic heterocycles. The van der Waals surface area contributed by atoms with Gasteiger partial charge in [-0.25, -0.2) is 14.8 Å². The average Bonchev–Trinajstić information content (AvgIpc) is 2.78. The number of ether oxygens (including phenoxy) is 1. The molecule has 3 amide bonds. The highest BCUT2D eigenvalue weighted by molar-refractivity contribution is 7.99. The van der Waals surface area contributed by atoms with Gasteiger partial charge in [0.2, 0.25) is 6.41 Å². The van der Waals surface area contributed by atoms with Gasteiger partial charge in [0.15, 0.2) is 16.8 Å². The molecule has 0 bridgehead atoms. The molecule has 0 radical (unpaired) electrons. The number of methoxy groups -OCH3 is 1. The molecule has 1 aromatic carbocycles. The maximum Gasteiger partial charge on any atom is 0.324 e. The lowest BCUT2D eigenvalue weighted by Crippen LogP contribution is -2.41. The zero-order valence-electron chi connectivity index (χ0n) is 18.4. The molecule has 0 fully saturated rings. The van der Waals surface area contributed by atoms with Crippen molar-refractivity contribution < 1.29 is 14.3 Å². The second kappa shape index (κ2) is 12.1. The summed E-state index contributed by atoms with van der Waals surface area (Å²) in [6.07, 6.45) is 1.63. The van der Waals surface area contributed by atoms with E-state index < -0.39 is 0 Å². The molecule has 0 aliphatic rings. The van der Waals surface area contributed by atoms with Gasteiger partial charge in [-0.1, -0.05) is 49.0 Å². The SMILES string of the molecule is CCCSc1nc(N)c(N(C)C(=O)N(C)CCOC)c(N(C=O)Cc2ccccc2)n1. The second-order valence-corrected chi connectivity index (χ2v) is 7.95. The molecule has 9 nitrogen and oxygen atoms in total.